The maximum atomic E-state index is 11.0. The maximum absolute atomic E-state index is 11.0. The van der Waals surface area contributed by atoms with Crippen LogP contribution in [0.5, 0.6) is 0 Å². The summed E-state index contributed by atoms with van der Waals surface area (Å²) in [4.78, 5) is 21.8. The van der Waals surface area contributed by atoms with Gasteiger partial charge in [0.15, 0.2) is 0 Å². The standard InChI is InChI=1S/C10H20N2O3/c1-10(2,3)7(13)5-6-12-9(15)8(14)11-4/h7,13H,5-6H2,1-4H3,(H,11,14)(H,12,15). The van der Waals surface area contributed by atoms with Crippen LogP contribution in [-0.4, -0.2) is 36.6 Å². The molecule has 1 atom stereocenters. The molecule has 0 spiro atoms. The first-order valence-electron chi connectivity index (χ1n) is 4.97. The van der Waals surface area contributed by atoms with Crippen LogP contribution in [0.3, 0.4) is 0 Å². The van der Waals surface area contributed by atoms with E-state index in [9.17, 15) is 14.7 Å². The summed E-state index contributed by atoms with van der Waals surface area (Å²) in [5.74, 6) is -1.33. The molecule has 2 amide bonds. The van der Waals surface area contributed by atoms with Crippen LogP contribution in [0.4, 0.5) is 0 Å². The summed E-state index contributed by atoms with van der Waals surface area (Å²) in [6, 6.07) is 0. The van der Waals surface area contributed by atoms with Crippen molar-refractivity contribution in [2.45, 2.75) is 33.3 Å². The second kappa shape index (κ2) is 5.70. The minimum absolute atomic E-state index is 0.211. The smallest absolute Gasteiger partial charge is 0.309 e. The summed E-state index contributed by atoms with van der Waals surface area (Å²) in [5.41, 5.74) is -0.211. The Kier molecular flexibility index (Phi) is 5.28. The van der Waals surface area contributed by atoms with Crippen LogP contribution in [0.15, 0.2) is 0 Å². The van der Waals surface area contributed by atoms with Gasteiger partial charge in [0.1, 0.15) is 0 Å². The highest BCUT2D eigenvalue weighted by Gasteiger charge is 2.22. The first kappa shape index (κ1) is 13.9. The Labute approximate surface area is 90.2 Å². The third kappa shape index (κ3) is 5.37. The number of carbonyl (C=O) groups excluding carboxylic acids is 2. The van der Waals surface area contributed by atoms with E-state index in [-0.39, 0.29) is 5.41 Å². The van der Waals surface area contributed by atoms with E-state index in [1.54, 1.807) is 0 Å². The molecule has 5 nitrogen and oxygen atoms in total. The lowest BCUT2D eigenvalue weighted by Crippen LogP contribution is -2.40. The number of hydrogen-bond donors (Lipinski definition) is 3. The molecule has 15 heavy (non-hydrogen) atoms. The van der Waals surface area contributed by atoms with Crippen LogP contribution in [-0.2, 0) is 9.59 Å². The van der Waals surface area contributed by atoms with Crippen LogP contribution >= 0.6 is 0 Å². The summed E-state index contributed by atoms with van der Waals surface area (Å²) in [5, 5.41) is 14.3. The predicted octanol–water partition coefficient (Wildman–Crippen LogP) is -0.354. The van der Waals surface area contributed by atoms with Crippen molar-refractivity contribution in [1.29, 1.82) is 0 Å². The fourth-order valence-corrected chi connectivity index (χ4v) is 0.949. The molecule has 5 heteroatoms. The van der Waals surface area contributed by atoms with Gasteiger partial charge in [0, 0.05) is 13.6 Å². The molecule has 0 aromatic rings. The third-order valence-corrected chi connectivity index (χ3v) is 2.14. The molecule has 3 N–H and O–H groups in total. The third-order valence-electron chi connectivity index (χ3n) is 2.14. The molecule has 0 aromatic carbocycles. The summed E-state index contributed by atoms with van der Waals surface area (Å²) in [7, 11) is 1.39. The van der Waals surface area contributed by atoms with Crippen LogP contribution in [0.2, 0.25) is 0 Å². The van der Waals surface area contributed by atoms with Crippen molar-refractivity contribution in [2.75, 3.05) is 13.6 Å². The quantitative estimate of drug-likeness (QED) is 0.564. The van der Waals surface area contributed by atoms with Crippen LogP contribution < -0.4 is 10.6 Å². The molecule has 0 bridgehead atoms. The molecule has 0 saturated heterocycles. The van der Waals surface area contributed by atoms with E-state index in [0.29, 0.717) is 13.0 Å². The van der Waals surface area contributed by atoms with Crippen molar-refractivity contribution < 1.29 is 14.7 Å². The second-order valence-electron chi connectivity index (χ2n) is 4.51. The van der Waals surface area contributed by atoms with Crippen LogP contribution in [0, 0.1) is 5.41 Å². The number of hydrogen-bond acceptors (Lipinski definition) is 3. The van der Waals surface area contributed by atoms with Crippen molar-refractivity contribution >= 4 is 11.8 Å². The highest BCUT2D eigenvalue weighted by atomic mass is 16.3. The average Bonchev–Trinajstić information content (AvgIpc) is 2.14. The minimum atomic E-state index is -0.668. The van der Waals surface area contributed by atoms with Gasteiger partial charge in [0.05, 0.1) is 6.10 Å². The van der Waals surface area contributed by atoms with Gasteiger partial charge in [-0.2, -0.15) is 0 Å². The van der Waals surface area contributed by atoms with E-state index in [2.05, 4.69) is 10.6 Å². The van der Waals surface area contributed by atoms with Crippen LogP contribution in [0.1, 0.15) is 27.2 Å². The Bertz CT molecular complexity index is 233. The van der Waals surface area contributed by atoms with Crippen molar-refractivity contribution in [1.82, 2.24) is 10.6 Å². The molecule has 0 fully saturated rings. The van der Waals surface area contributed by atoms with E-state index < -0.39 is 17.9 Å². The van der Waals surface area contributed by atoms with Gasteiger partial charge >= 0.3 is 11.8 Å². The number of rotatable bonds is 3. The fourth-order valence-electron chi connectivity index (χ4n) is 0.949. The molecule has 88 valence electrons. The Balaban J connectivity index is 3.81. The Morgan fingerprint density at radius 3 is 2.20 bits per heavy atom. The fraction of sp³-hybridized carbons (Fsp3) is 0.800. The van der Waals surface area contributed by atoms with Gasteiger partial charge in [0.2, 0.25) is 0 Å². The lowest BCUT2D eigenvalue weighted by molar-refractivity contribution is -0.138. The molecule has 0 aliphatic rings. The Morgan fingerprint density at radius 2 is 1.80 bits per heavy atom. The molecule has 0 aromatic heterocycles. The zero-order valence-electron chi connectivity index (χ0n) is 9.76. The molecular formula is C10H20N2O3. The first-order valence-corrected chi connectivity index (χ1v) is 4.97. The van der Waals surface area contributed by atoms with Crippen molar-refractivity contribution in [3.05, 3.63) is 0 Å². The molecule has 0 aliphatic heterocycles. The lowest BCUT2D eigenvalue weighted by Gasteiger charge is -2.25. The average molecular weight is 216 g/mol. The minimum Gasteiger partial charge on any atom is -0.393 e. The van der Waals surface area contributed by atoms with E-state index in [4.69, 9.17) is 0 Å². The van der Waals surface area contributed by atoms with E-state index >= 15 is 0 Å². The summed E-state index contributed by atoms with van der Waals surface area (Å²) in [6.07, 6.45) is -0.0610. The lowest BCUT2D eigenvalue weighted by atomic mass is 9.87. The molecule has 0 aliphatic carbocycles. The molecule has 0 radical (unpaired) electrons. The highest BCUT2D eigenvalue weighted by molar-refractivity contribution is 6.34. The number of amides is 2. The zero-order chi connectivity index (χ0) is 12.1. The van der Waals surface area contributed by atoms with E-state index in [1.165, 1.54) is 7.05 Å². The van der Waals surface area contributed by atoms with Gasteiger partial charge < -0.3 is 15.7 Å². The van der Waals surface area contributed by atoms with Crippen LogP contribution in [0.25, 0.3) is 0 Å². The largest absolute Gasteiger partial charge is 0.393 e. The molecular weight excluding hydrogens is 196 g/mol. The van der Waals surface area contributed by atoms with E-state index in [0.717, 1.165) is 0 Å². The summed E-state index contributed by atoms with van der Waals surface area (Å²) >= 11 is 0. The molecule has 0 saturated carbocycles. The van der Waals surface area contributed by atoms with Crippen molar-refractivity contribution in [2.24, 2.45) is 5.41 Å². The number of likely N-dealkylation sites (N-methyl/N-ethyl adjacent to an activating group) is 1. The van der Waals surface area contributed by atoms with Gasteiger partial charge in [-0.1, -0.05) is 20.8 Å². The number of aliphatic hydroxyl groups is 1. The maximum Gasteiger partial charge on any atom is 0.309 e. The SMILES string of the molecule is CNC(=O)C(=O)NCCC(O)C(C)(C)C. The van der Waals surface area contributed by atoms with Gasteiger partial charge in [-0.15, -0.1) is 0 Å². The zero-order valence-corrected chi connectivity index (χ0v) is 9.76. The van der Waals surface area contributed by atoms with E-state index in [1.807, 2.05) is 20.8 Å². The van der Waals surface area contributed by atoms with Gasteiger partial charge in [-0.3, -0.25) is 9.59 Å². The topological polar surface area (TPSA) is 78.4 Å². The molecule has 0 rings (SSSR count). The number of aliphatic hydroxyl groups excluding tert-OH is 1. The van der Waals surface area contributed by atoms with Gasteiger partial charge in [-0.05, 0) is 11.8 Å². The van der Waals surface area contributed by atoms with Gasteiger partial charge in [0.25, 0.3) is 0 Å². The van der Waals surface area contributed by atoms with Crippen molar-refractivity contribution in [3.8, 4) is 0 Å². The summed E-state index contributed by atoms with van der Waals surface area (Å²) in [6.45, 7) is 6.04. The number of nitrogens with one attached hydrogen (secondary N) is 2. The highest BCUT2D eigenvalue weighted by Crippen LogP contribution is 2.20. The van der Waals surface area contributed by atoms with Crippen molar-refractivity contribution in [3.63, 3.8) is 0 Å². The van der Waals surface area contributed by atoms with Gasteiger partial charge in [-0.25, -0.2) is 0 Å². The Morgan fingerprint density at radius 1 is 1.27 bits per heavy atom. The monoisotopic (exact) mass is 216 g/mol. The second-order valence-corrected chi connectivity index (χ2v) is 4.51. The number of carbonyl (C=O) groups is 2. The molecule has 0 heterocycles. The predicted molar refractivity (Wildman–Crippen MR) is 57.2 cm³/mol. The summed E-state index contributed by atoms with van der Waals surface area (Å²) < 4.78 is 0. The molecule has 1 unspecified atom stereocenters. The Hall–Kier alpha value is -1.10. The first-order chi connectivity index (χ1) is 6.79. The normalized spacial score (nSPS) is 13.1.